The van der Waals surface area contributed by atoms with Crippen LogP contribution in [0.1, 0.15) is 6.92 Å². The van der Waals surface area contributed by atoms with Crippen molar-refractivity contribution in [1.82, 2.24) is 0 Å². The van der Waals surface area contributed by atoms with Gasteiger partial charge in [-0.25, -0.2) is 4.79 Å². The van der Waals surface area contributed by atoms with Crippen molar-refractivity contribution in [2.75, 3.05) is 7.11 Å². The first-order valence-corrected chi connectivity index (χ1v) is 1.94. The second kappa shape index (κ2) is 4.87. The van der Waals surface area contributed by atoms with Gasteiger partial charge in [-0.2, -0.15) is 0 Å². The van der Waals surface area contributed by atoms with Gasteiger partial charge >= 0.3 is 5.97 Å². The molecule has 8 heavy (non-hydrogen) atoms. The Hall–Kier alpha value is -0.280. The molecule has 0 aliphatic carbocycles. The Kier molecular flexibility index (Phi) is 6.48. The number of halogens is 1. The largest absolute Gasteiger partial charge is 0.479 e. The minimum atomic E-state index is -0.928. The zero-order valence-corrected chi connectivity index (χ0v) is 5.57. The van der Waals surface area contributed by atoms with Crippen LogP contribution in [-0.2, 0) is 9.53 Å². The van der Waals surface area contributed by atoms with E-state index in [4.69, 9.17) is 5.11 Å². The molecule has 0 heterocycles. The first kappa shape index (κ1) is 10.7. The summed E-state index contributed by atoms with van der Waals surface area (Å²) in [4.78, 5) is 9.81. The SMILES string of the molecule is CO[C@H](C)C(=O)O.Cl. The Morgan fingerprint density at radius 2 is 2.12 bits per heavy atom. The van der Waals surface area contributed by atoms with Crippen molar-refractivity contribution >= 4 is 18.4 Å². The lowest BCUT2D eigenvalue weighted by Gasteiger charge is -1.98. The van der Waals surface area contributed by atoms with Gasteiger partial charge in [0.15, 0.2) is 6.10 Å². The number of carbonyl (C=O) groups is 1. The molecule has 0 fully saturated rings. The van der Waals surface area contributed by atoms with Gasteiger partial charge in [-0.3, -0.25) is 0 Å². The molecule has 0 aliphatic rings. The molecule has 50 valence electrons. The number of carboxylic acid groups (broad SMARTS) is 1. The predicted molar refractivity (Wildman–Crippen MR) is 31.4 cm³/mol. The van der Waals surface area contributed by atoms with E-state index in [0.29, 0.717) is 0 Å². The Balaban J connectivity index is 0. The van der Waals surface area contributed by atoms with Gasteiger partial charge in [-0.05, 0) is 6.92 Å². The lowest BCUT2D eigenvalue weighted by molar-refractivity contribution is -0.147. The number of hydrogen-bond donors (Lipinski definition) is 1. The fraction of sp³-hybridized carbons (Fsp3) is 0.750. The van der Waals surface area contributed by atoms with Gasteiger partial charge in [-0.15, -0.1) is 12.4 Å². The summed E-state index contributed by atoms with van der Waals surface area (Å²) in [6.07, 6.45) is -0.681. The van der Waals surface area contributed by atoms with Crippen LogP contribution in [0.4, 0.5) is 0 Å². The monoisotopic (exact) mass is 140 g/mol. The predicted octanol–water partition coefficient (Wildman–Crippen LogP) is 0.528. The van der Waals surface area contributed by atoms with E-state index in [9.17, 15) is 4.79 Å². The maximum absolute atomic E-state index is 9.81. The molecule has 0 aliphatic heterocycles. The normalized spacial score (nSPS) is 11.8. The molecule has 0 radical (unpaired) electrons. The summed E-state index contributed by atoms with van der Waals surface area (Å²) in [5, 5.41) is 8.06. The van der Waals surface area contributed by atoms with Crippen molar-refractivity contribution in [3.05, 3.63) is 0 Å². The molecule has 0 saturated carbocycles. The average molecular weight is 141 g/mol. The quantitative estimate of drug-likeness (QED) is 0.609. The van der Waals surface area contributed by atoms with E-state index in [1.807, 2.05) is 0 Å². The molecule has 0 bridgehead atoms. The second-order valence-corrected chi connectivity index (χ2v) is 1.22. The van der Waals surface area contributed by atoms with E-state index in [1.54, 1.807) is 0 Å². The van der Waals surface area contributed by atoms with Crippen LogP contribution in [-0.4, -0.2) is 24.3 Å². The van der Waals surface area contributed by atoms with Crippen molar-refractivity contribution in [2.24, 2.45) is 0 Å². The van der Waals surface area contributed by atoms with Crippen LogP contribution in [0.5, 0.6) is 0 Å². The first-order chi connectivity index (χ1) is 3.18. The molecule has 4 heteroatoms. The van der Waals surface area contributed by atoms with Crippen LogP contribution in [0.2, 0.25) is 0 Å². The summed E-state index contributed by atoms with van der Waals surface area (Å²) in [5.41, 5.74) is 0. The van der Waals surface area contributed by atoms with Crippen LogP contribution in [0.25, 0.3) is 0 Å². The van der Waals surface area contributed by atoms with Crippen molar-refractivity contribution in [1.29, 1.82) is 0 Å². The Bertz CT molecular complexity index is 73.7. The molecule has 0 rings (SSSR count). The van der Waals surface area contributed by atoms with Gasteiger partial charge in [0.25, 0.3) is 0 Å². The zero-order valence-electron chi connectivity index (χ0n) is 4.75. The number of hydrogen-bond acceptors (Lipinski definition) is 2. The zero-order chi connectivity index (χ0) is 5.86. The van der Waals surface area contributed by atoms with Gasteiger partial charge in [0.05, 0.1) is 0 Å². The molecular formula is C4H9ClO3. The van der Waals surface area contributed by atoms with E-state index < -0.39 is 12.1 Å². The van der Waals surface area contributed by atoms with Gasteiger partial charge in [0.1, 0.15) is 0 Å². The van der Waals surface area contributed by atoms with Crippen molar-refractivity contribution in [2.45, 2.75) is 13.0 Å². The van der Waals surface area contributed by atoms with E-state index in [0.717, 1.165) is 0 Å². The first-order valence-electron chi connectivity index (χ1n) is 1.94. The highest BCUT2D eigenvalue weighted by Crippen LogP contribution is 1.83. The van der Waals surface area contributed by atoms with Crippen LogP contribution in [0, 0.1) is 0 Å². The van der Waals surface area contributed by atoms with Crippen LogP contribution in [0.3, 0.4) is 0 Å². The van der Waals surface area contributed by atoms with Crippen LogP contribution >= 0.6 is 12.4 Å². The summed E-state index contributed by atoms with van der Waals surface area (Å²) in [7, 11) is 1.36. The Morgan fingerprint density at radius 1 is 1.75 bits per heavy atom. The van der Waals surface area contributed by atoms with E-state index >= 15 is 0 Å². The lowest BCUT2D eigenvalue weighted by Crippen LogP contribution is -2.17. The summed E-state index contributed by atoms with van der Waals surface area (Å²) in [5.74, 6) is -0.928. The smallest absolute Gasteiger partial charge is 0.332 e. The third kappa shape index (κ3) is 3.89. The van der Waals surface area contributed by atoms with Gasteiger partial charge in [-0.1, -0.05) is 0 Å². The molecule has 0 spiro atoms. The molecular weight excluding hydrogens is 131 g/mol. The minimum absolute atomic E-state index is 0. The highest BCUT2D eigenvalue weighted by atomic mass is 35.5. The van der Waals surface area contributed by atoms with Gasteiger partial charge in [0, 0.05) is 7.11 Å². The average Bonchev–Trinajstić information content (AvgIpc) is 1.65. The van der Waals surface area contributed by atoms with Gasteiger partial charge < -0.3 is 9.84 Å². The van der Waals surface area contributed by atoms with Crippen molar-refractivity contribution in [3.8, 4) is 0 Å². The number of aliphatic carboxylic acids is 1. The van der Waals surface area contributed by atoms with Crippen LogP contribution < -0.4 is 0 Å². The third-order valence-corrected chi connectivity index (χ3v) is 0.701. The molecule has 3 nitrogen and oxygen atoms in total. The van der Waals surface area contributed by atoms with Gasteiger partial charge in [0.2, 0.25) is 0 Å². The standard InChI is InChI=1S/C4H8O3.ClH/c1-3(7-2)4(5)6;/h3H,1-2H3,(H,5,6);1H/t3-;/m1./s1. The molecule has 0 unspecified atom stereocenters. The molecule has 0 aromatic carbocycles. The molecule has 1 atom stereocenters. The highest BCUT2D eigenvalue weighted by molar-refractivity contribution is 5.85. The summed E-state index contributed by atoms with van der Waals surface area (Å²) in [6.45, 7) is 1.47. The minimum Gasteiger partial charge on any atom is -0.479 e. The van der Waals surface area contributed by atoms with Crippen molar-refractivity contribution < 1.29 is 14.6 Å². The highest BCUT2D eigenvalue weighted by Gasteiger charge is 2.06. The summed E-state index contributed by atoms with van der Waals surface area (Å²) in [6, 6.07) is 0. The number of ether oxygens (including phenoxy) is 1. The van der Waals surface area contributed by atoms with Crippen LogP contribution in [0.15, 0.2) is 0 Å². The second-order valence-electron chi connectivity index (χ2n) is 1.22. The maximum Gasteiger partial charge on any atom is 0.332 e. The van der Waals surface area contributed by atoms with Crippen molar-refractivity contribution in [3.63, 3.8) is 0 Å². The molecule has 0 aromatic rings. The topological polar surface area (TPSA) is 46.5 Å². The summed E-state index contributed by atoms with van der Waals surface area (Å²) < 4.78 is 4.41. The lowest BCUT2D eigenvalue weighted by atomic mass is 10.4. The molecule has 0 saturated heterocycles. The molecule has 1 N–H and O–H groups in total. The molecule has 0 amide bonds. The maximum atomic E-state index is 9.81. The fourth-order valence-electron chi connectivity index (χ4n) is 0.101. The summed E-state index contributed by atoms with van der Waals surface area (Å²) >= 11 is 0. The number of carboxylic acids is 1. The Labute approximate surface area is 54.1 Å². The molecule has 0 aromatic heterocycles. The van der Waals surface area contributed by atoms with E-state index in [2.05, 4.69) is 4.74 Å². The Morgan fingerprint density at radius 3 is 2.12 bits per heavy atom. The number of methoxy groups -OCH3 is 1. The number of rotatable bonds is 2. The van der Waals surface area contributed by atoms with E-state index in [-0.39, 0.29) is 12.4 Å². The fourth-order valence-corrected chi connectivity index (χ4v) is 0.101. The third-order valence-electron chi connectivity index (χ3n) is 0.701. The van der Waals surface area contributed by atoms with E-state index in [1.165, 1.54) is 14.0 Å².